The van der Waals surface area contributed by atoms with Crippen molar-refractivity contribution in [3.8, 4) is 11.5 Å². The van der Waals surface area contributed by atoms with Crippen molar-refractivity contribution in [3.63, 3.8) is 0 Å². The van der Waals surface area contributed by atoms with Crippen LogP contribution in [0, 0.1) is 0 Å². The quantitative estimate of drug-likeness (QED) is 0.825. The molecule has 1 aliphatic heterocycles. The topological polar surface area (TPSA) is 47.6 Å². The average Bonchev–Trinajstić information content (AvgIpc) is 3.05. The van der Waals surface area contributed by atoms with Gasteiger partial charge in [0, 0.05) is 15.8 Å². The van der Waals surface area contributed by atoms with Gasteiger partial charge in [-0.2, -0.15) is 0 Å². The molecule has 0 radical (unpaired) electrons. The molecule has 0 bridgehead atoms. The van der Waals surface area contributed by atoms with E-state index in [-0.39, 0.29) is 5.91 Å². The average molecular weight is 361 g/mol. The fourth-order valence-corrected chi connectivity index (χ4v) is 4.83. The Morgan fingerprint density at radius 3 is 2.62 bits per heavy atom. The molecule has 2 heterocycles. The Morgan fingerprint density at radius 2 is 1.88 bits per heavy atom. The number of nitrogens with one attached hydrogen (secondary N) is 1. The third-order valence-corrected chi connectivity index (χ3v) is 6.35. The molecule has 2 aliphatic rings. The smallest absolute Gasteiger partial charge is 0.265 e. The van der Waals surface area contributed by atoms with E-state index in [0.717, 1.165) is 34.1 Å². The lowest BCUT2D eigenvalue weighted by Crippen LogP contribution is -2.16. The second kappa shape index (κ2) is 6.69. The molecule has 2 aromatic rings. The van der Waals surface area contributed by atoms with Crippen LogP contribution in [-0.2, 0) is 12.8 Å². The normalized spacial score (nSPS) is 15.7. The van der Waals surface area contributed by atoms with Crippen molar-refractivity contribution in [1.82, 2.24) is 0 Å². The number of hydrogen-bond acceptors (Lipinski definition) is 5. The Morgan fingerprint density at radius 1 is 1.12 bits per heavy atom. The summed E-state index contributed by atoms with van der Waals surface area (Å²) < 4.78 is 11.3. The number of amides is 1. The number of thioether (sulfide) groups is 1. The van der Waals surface area contributed by atoms with E-state index < -0.39 is 0 Å². The fourth-order valence-electron chi connectivity index (χ4n) is 3.12. The summed E-state index contributed by atoms with van der Waals surface area (Å²) in [5, 5.41) is 3.05. The first-order chi connectivity index (χ1) is 11.7. The van der Waals surface area contributed by atoms with E-state index in [4.69, 9.17) is 9.47 Å². The molecule has 4 nitrogen and oxygen atoms in total. The first-order valence-electron chi connectivity index (χ1n) is 8.15. The van der Waals surface area contributed by atoms with Gasteiger partial charge in [0.05, 0.1) is 10.6 Å². The Bertz CT molecular complexity index is 761. The van der Waals surface area contributed by atoms with Gasteiger partial charge in [0.2, 0.25) is 0 Å². The summed E-state index contributed by atoms with van der Waals surface area (Å²) in [5.41, 5.74) is 2.13. The summed E-state index contributed by atoms with van der Waals surface area (Å²) in [6.45, 7) is 1.10. The Kier molecular flexibility index (Phi) is 4.41. The standard InChI is InChI=1S/C18H19NO3S2/c1-23-16-10-14-13(21-6-7-22-14)9-12(16)19-18(20)17-8-11-4-2-3-5-15(11)24-17/h8-10H,2-7H2,1H3,(H,19,20). The van der Waals surface area contributed by atoms with Crippen molar-refractivity contribution in [2.45, 2.75) is 30.6 Å². The van der Waals surface area contributed by atoms with Crippen molar-refractivity contribution in [2.24, 2.45) is 0 Å². The second-order valence-corrected chi connectivity index (χ2v) is 7.90. The summed E-state index contributed by atoms with van der Waals surface area (Å²) in [4.78, 5) is 15.8. The number of hydrogen-bond donors (Lipinski definition) is 1. The summed E-state index contributed by atoms with van der Waals surface area (Å²) in [6.07, 6.45) is 6.65. The highest BCUT2D eigenvalue weighted by Gasteiger charge is 2.20. The Labute approximate surface area is 149 Å². The van der Waals surface area contributed by atoms with Gasteiger partial charge < -0.3 is 14.8 Å². The molecule has 126 valence electrons. The minimum absolute atomic E-state index is 0.0404. The first-order valence-corrected chi connectivity index (χ1v) is 10.2. The van der Waals surface area contributed by atoms with Crippen LogP contribution in [0.3, 0.4) is 0 Å². The van der Waals surface area contributed by atoms with Crippen molar-refractivity contribution >= 4 is 34.7 Å². The Balaban J connectivity index is 1.60. The van der Waals surface area contributed by atoms with E-state index in [1.165, 1.54) is 23.3 Å². The molecule has 0 fully saturated rings. The largest absolute Gasteiger partial charge is 0.486 e. The van der Waals surface area contributed by atoms with Crippen molar-refractivity contribution in [3.05, 3.63) is 33.5 Å². The number of ether oxygens (including phenoxy) is 2. The summed E-state index contributed by atoms with van der Waals surface area (Å²) in [7, 11) is 0. The maximum absolute atomic E-state index is 12.7. The van der Waals surface area contributed by atoms with E-state index in [1.807, 2.05) is 18.4 Å². The highest BCUT2D eigenvalue weighted by Crippen LogP contribution is 2.39. The van der Waals surface area contributed by atoms with Gasteiger partial charge in [-0.3, -0.25) is 4.79 Å². The van der Waals surface area contributed by atoms with Crippen LogP contribution in [0.2, 0.25) is 0 Å². The lowest BCUT2D eigenvalue weighted by atomic mass is 9.99. The Hall–Kier alpha value is -1.66. The van der Waals surface area contributed by atoms with Gasteiger partial charge in [0.15, 0.2) is 11.5 Å². The van der Waals surface area contributed by atoms with Crippen LogP contribution in [0.5, 0.6) is 11.5 Å². The number of fused-ring (bicyclic) bond motifs is 2. The minimum Gasteiger partial charge on any atom is -0.486 e. The number of carbonyl (C=O) groups excluding carboxylic acids is 1. The zero-order valence-electron chi connectivity index (χ0n) is 13.5. The van der Waals surface area contributed by atoms with Crippen LogP contribution < -0.4 is 14.8 Å². The minimum atomic E-state index is -0.0404. The van der Waals surface area contributed by atoms with E-state index in [9.17, 15) is 4.79 Å². The molecule has 0 saturated heterocycles. The molecule has 24 heavy (non-hydrogen) atoms. The predicted octanol–water partition coefficient (Wildman–Crippen LogP) is 4.37. The number of benzene rings is 1. The second-order valence-electron chi connectivity index (χ2n) is 5.92. The van der Waals surface area contributed by atoms with Gasteiger partial charge in [-0.15, -0.1) is 23.1 Å². The maximum atomic E-state index is 12.7. The van der Waals surface area contributed by atoms with Gasteiger partial charge in [-0.25, -0.2) is 0 Å². The molecule has 0 spiro atoms. The molecule has 1 amide bonds. The monoisotopic (exact) mass is 361 g/mol. The molecule has 0 atom stereocenters. The molecule has 6 heteroatoms. The highest BCUT2D eigenvalue weighted by atomic mass is 32.2. The molecule has 1 aliphatic carbocycles. The number of aryl methyl sites for hydroxylation is 2. The van der Waals surface area contributed by atoms with Crippen LogP contribution in [0.15, 0.2) is 23.1 Å². The van der Waals surface area contributed by atoms with Gasteiger partial charge in [0.1, 0.15) is 13.2 Å². The van der Waals surface area contributed by atoms with Crippen LogP contribution in [0.1, 0.15) is 33.0 Å². The van der Waals surface area contributed by atoms with E-state index in [0.29, 0.717) is 19.0 Å². The van der Waals surface area contributed by atoms with Gasteiger partial charge in [-0.05, 0) is 49.6 Å². The van der Waals surface area contributed by atoms with Crippen molar-refractivity contribution in [2.75, 3.05) is 24.8 Å². The van der Waals surface area contributed by atoms with Crippen LogP contribution >= 0.6 is 23.1 Å². The fraction of sp³-hybridized carbons (Fsp3) is 0.389. The van der Waals surface area contributed by atoms with E-state index >= 15 is 0 Å². The van der Waals surface area contributed by atoms with Gasteiger partial charge in [-0.1, -0.05) is 0 Å². The molecular formula is C18H19NO3S2. The maximum Gasteiger partial charge on any atom is 0.265 e. The van der Waals surface area contributed by atoms with Gasteiger partial charge in [0.25, 0.3) is 5.91 Å². The first kappa shape index (κ1) is 15.8. The summed E-state index contributed by atoms with van der Waals surface area (Å²) >= 11 is 3.22. The molecule has 1 aromatic heterocycles. The molecule has 0 saturated carbocycles. The molecule has 4 rings (SSSR count). The molecule has 1 N–H and O–H groups in total. The SMILES string of the molecule is CSc1cc2c(cc1NC(=O)c1cc3c(s1)CCCC3)OCCO2. The molecule has 1 aromatic carbocycles. The number of carbonyl (C=O) groups is 1. The predicted molar refractivity (Wildman–Crippen MR) is 98.1 cm³/mol. The lowest BCUT2D eigenvalue weighted by Gasteiger charge is -2.20. The van der Waals surface area contributed by atoms with Crippen LogP contribution in [0.4, 0.5) is 5.69 Å². The third-order valence-electron chi connectivity index (χ3n) is 4.33. The summed E-state index contributed by atoms with van der Waals surface area (Å²) in [5.74, 6) is 1.40. The van der Waals surface area contributed by atoms with Crippen LogP contribution in [0.25, 0.3) is 0 Å². The third kappa shape index (κ3) is 3.00. The van der Waals surface area contributed by atoms with Gasteiger partial charge >= 0.3 is 0 Å². The highest BCUT2D eigenvalue weighted by molar-refractivity contribution is 7.98. The lowest BCUT2D eigenvalue weighted by molar-refractivity contribution is 0.103. The molecule has 0 unspecified atom stereocenters. The number of rotatable bonds is 3. The zero-order valence-corrected chi connectivity index (χ0v) is 15.1. The number of thiophene rings is 1. The van der Waals surface area contributed by atoms with Crippen molar-refractivity contribution in [1.29, 1.82) is 0 Å². The zero-order chi connectivity index (χ0) is 16.5. The van der Waals surface area contributed by atoms with Crippen LogP contribution in [-0.4, -0.2) is 25.4 Å². The molecular weight excluding hydrogens is 342 g/mol. The van der Waals surface area contributed by atoms with E-state index in [2.05, 4.69) is 11.4 Å². The summed E-state index contributed by atoms with van der Waals surface area (Å²) in [6, 6.07) is 5.87. The number of anilines is 1. The van der Waals surface area contributed by atoms with E-state index in [1.54, 1.807) is 23.1 Å². The van der Waals surface area contributed by atoms with Crippen molar-refractivity contribution < 1.29 is 14.3 Å².